The molecule has 2 N–H and O–H groups in total. The molecule has 6 nitrogen and oxygen atoms in total. The van der Waals surface area contributed by atoms with E-state index < -0.39 is 6.10 Å². The zero-order valence-corrected chi connectivity index (χ0v) is 16.8. The smallest absolute Gasteiger partial charge is 0.234 e. The van der Waals surface area contributed by atoms with E-state index in [9.17, 15) is 9.90 Å². The van der Waals surface area contributed by atoms with E-state index in [-0.39, 0.29) is 5.91 Å². The predicted octanol–water partition coefficient (Wildman–Crippen LogP) is 1.25. The van der Waals surface area contributed by atoms with Crippen molar-refractivity contribution < 1.29 is 14.6 Å². The lowest BCUT2D eigenvalue weighted by Crippen LogP contribution is -2.51. The van der Waals surface area contributed by atoms with Crippen molar-refractivity contribution in [2.75, 3.05) is 45.9 Å². The van der Waals surface area contributed by atoms with E-state index in [4.69, 9.17) is 4.74 Å². The van der Waals surface area contributed by atoms with Gasteiger partial charge in [0.05, 0.1) is 6.54 Å². The molecule has 1 aliphatic carbocycles. The number of nitrogens with one attached hydrogen (secondary N) is 1. The van der Waals surface area contributed by atoms with Gasteiger partial charge in [-0.2, -0.15) is 0 Å². The Labute approximate surface area is 162 Å². The van der Waals surface area contributed by atoms with Gasteiger partial charge in [0.2, 0.25) is 5.91 Å². The topological polar surface area (TPSA) is 65.0 Å². The number of hydrogen-bond acceptors (Lipinski definition) is 5. The van der Waals surface area contributed by atoms with Gasteiger partial charge < -0.3 is 15.2 Å². The molecule has 2 fully saturated rings. The summed E-state index contributed by atoms with van der Waals surface area (Å²) in [6.45, 7) is 11.0. The van der Waals surface area contributed by atoms with Crippen LogP contribution in [-0.2, 0) is 4.79 Å². The fraction of sp³-hybridized carbons (Fsp3) is 0.667. The summed E-state index contributed by atoms with van der Waals surface area (Å²) in [7, 11) is 0. The Morgan fingerprint density at radius 1 is 1.15 bits per heavy atom. The van der Waals surface area contributed by atoms with Crippen molar-refractivity contribution >= 4 is 5.91 Å². The quantitative estimate of drug-likeness (QED) is 0.716. The van der Waals surface area contributed by atoms with Gasteiger partial charge >= 0.3 is 0 Å². The molecule has 1 atom stereocenters. The van der Waals surface area contributed by atoms with Gasteiger partial charge in [0.1, 0.15) is 18.5 Å². The Kier molecular flexibility index (Phi) is 6.73. The van der Waals surface area contributed by atoms with E-state index in [1.54, 1.807) is 0 Å². The normalized spacial score (nSPS) is 19.7. The standard InChI is InChI=1S/C21H33N3O3/c1-15-4-5-16(2)21(17(15)3)27-14-19(25)12-23-8-10-24(11-9-23)13-20(26)22-18-6-7-18/h4-5,18-19,25H,6-14H2,1-3H3,(H,22,26). The van der Waals surface area contributed by atoms with Gasteiger partial charge in [-0.15, -0.1) is 0 Å². The number of aryl methyl sites for hydroxylation is 2. The Morgan fingerprint density at radius 3 is 2.44 bits per heavy atom. The average molecular weight is 376 g/mol. The van der Waals surface area contributed by atoms with E-state index in [1.807, 2.05) is 6.92 Å². The fourth-order valence-corrected chi connectivity index (χ4v) is 3.51. The lowest BCUT2D eigenvalue weighted by atomic mass is 10.1. The highest BCUT2D eigenvalue weighted by atomic mass is 16.5. The maximum Gasteiger partial charge on any atom is 0.234 e. The van der Waals surface area contributed by atoms with Crippen molar-refractivity contribution in [1.82, 2.24) is 15.1 Å². The molecule has 27 heavy (non-hydrogen) atoms. The highest BCUT2D eigenvalue weighted by molar-refractivity contribution is 5.78. The Balaban J connectivity index is 1.37. The number of amides is 1. The number of nitrogens with zero attached hydrogens (tertiary/aromatic N) is 2. The number of hydrogen-bond donors (Lipinski definition) is 2. The number of carbonyl (C=O) groups is 1. The average Bonchev–Trinajstić information content (AvgIpc) is 3.44. The molecule has 0 radical (unpaired) electrons. The highest BCUT2D eigenvalue weighted by Crippen LogP contribution is 2.25. The molecule has 0 bridgehead atoms. The van der Waals surface area contributed by atoms with E-state index in [0.29, 0.717) is 25.7 Å². The highest BCUT2D eigenvalue weighted by Gasteiger charge is 2.25. The third-order valence-corrected chi connectivity index (χ3v) is 5.54. The first kappa shape index (κ1) is 20.1. The van der Waals surface area contributed by atoms with Gasteiger partial charge in [0.15, 0.2) is 0 Å². The molecule has 1 heterocycles. The van der Waals surface area contributed by atoms with Crippen LogP contribution >= 0.6 is 0 Å². The molecule has 1 aromatic carbocycles. The number of β-amino-alcohol motifs (C(OH)–C–C–N with tert-alkyl or cyclic N) is 1. The van der Waals surface area contributed by atoms with Gasteiger partial charge in [-0.25, -0.2) is 0 Å². The molecule has 3 rings (SSSR count). The summed E-state index contributed by atoms with van der Waals surface area (Å²) < 4.78 is 5.93. The van der Waals surface area contributed by atoms with Crippen molar-refractivity contribution in [3.63, 3.8) is 0 Å². The predicted molar refractivity (Wildman–Crippen MR) is 106 cm³/mol. The van der Waals surface area contributed by atoms with Crippen LogP contribution in [0.1, 0.15) is 29.5 Å². The summed E-state index contributed by atoms with van der Waals surface area (Å²) in [6.07, 6.45) is 1.73. The Morgan fingerprint density at radius 2 is 1.78 bits per heavy atom. The monoisotopic (exact) mass is 375 g/mol. The van der Waals surface area contributed by atoms with Gasteiger partial charge in [-0.1, -0.05) is 12.1 Å². The number of piperazine rings is 1. The first-order valence-corrected chi connectivity index (χ1v) is 10.0. The lowest BCUT2D eigenvalue weighted by molar-refractivity contribution is -0.122. The summed E-state index contributed by atoms with van der Waals surface area (Å²) in [4.78, 5) is 16.3. The summed E-state index contributed by atoms with van der Waals surface area (Å²) in [5.41, 5.74) is 3.44. The molecule has 1 unspecified atom stereocenters. The number of ether oxygens (including phenoxy) is 1. The second-order valence-electron chi connectivity index (χ2n) is 8.04. The van der Waals surface area contributed by atoms with Crippen LogP contribution in [0.15, 0.2) is 12.1 Å². The molecule has 1 aromatic rings. The number of rotatable bonds is 8. The fourth-order valence-electron chi connectivity index (χ4n) is 3.51. The van der Waals surface area contributed by atoms with Crippen molar-refractivity contribution in [2.24, 2.45) is 0 Å². The molecule has 2 aliphatic rings. The number of aliphatic hydroxyl groups excluding tert-OH is 1. The number of aliphatic hydroxyl groups is 1. The molecule has 1 amide bonds. The SMILES string of the molecule is Cc1ccc(C)c(OCC(O)CN2CCN(CC(=O)NC3CC3)CC2)c1C. The molecule has 1 saturated carbocycles. The van der Waals surface area contributed by atoms with Crippen LogP contribution in [0.25, 0.3) is 0 Å². The first-order chi connectivity index (χ1) is 12.9. The maximum absolute atomic E-state index is 11.9. The molecule has 150 valence electrons. The number of carbonyl (C=O) groups excluding carboxylic acids is 1. The minimum atomic E-state index is -0.519. The van der Waals surface area contributed by atoms with Crippen LogP contribution < -0.4 is 10.1 Å². The van der Waals surface area contributed by atoms with Crippen LogP contribution in [0.3, 0.4) is 0 Å². The molecule has 1 saturated heterocycles. The van der Waals surface area contributed by atoms with E-state index in [1.165, 1.54) is 5.56 Å². The molecule has 6 heteroatoms. The van der Waals surface area contributed by atoms with Gasteiger partial charge in [-0.3, -0.25) is 14.6 Å². The van der Waals surface area contributed by atoms with Crippen molar-refractivity contribution in [3.8, 4) is 5.75 Å². The summed E-state index contributed by atoms with van der Waals surface area (Å²) in [5.74, 6) is 1.03. The molecular formula is C21H33N3O3. The summed E-state index contributed by atoms with van der Waals surface area (Å²) in [6, 6.07) is 4.58. The first-order valence-electron chi connectivity index (χ1n) is 10.0. The Bertz CT molecular complexity index is 652. The van der Waals surface area contributed by atoms with Crippen LogP contribution in [0, 0.1) is 20.8 Å². The van der Waals surface area contributed by atoms with Crippen LogP contribution in [0.5, 0.6) is 5.75 Å². The largest absolute Gasteiger partial charge is 0.490 e. The zero-order valence-electron chi connectivity index (χ0n) is 16.8. The van der Waals surface area contributed by atoms with E-state index in [2.05, 4.69) is 41.1 Å². The molecule has 1 aliphatic heterocycles. The molecule has 0 spiro atoms. The van der Waals surface area contributed by atoms with Crippen LogP contribution in [-0.4, -0.2) is 78.8 Å². The van der Waals surface area contributed by atoms with Crippen molar-refractivity contribution in [3.05, 3.63) is 28.8 Å². The molecular weight excluding hydrogens is 342 g/mol. The lowest BCUT2D eigenvalue weighted by Gasteiger charge is -2.35. The summed E-state index contributed by atoms with van der Waals surface area (Å²) in [5, 5.41) is 13.4. The van der Waals surface area contributed by atoms with E-state index >= 15 is 0 Å². The van der Waals surface area contributed by atoms with Gasteiger partial charge in [0.25, 0.3) is 0 Å². The Hall–Kier alpha value is -1.63. The minimum Gasteiger partial charge on any atom is -0.490 e. The van der Waals surface area contributed by atoms with Gasteiger partial charge in [-0.05, 0) is 50.3 Å². The summed E-state index contributed by atoms with van der Waals surface area (Å²) >= 11 is 0. The zero-order chi connectivity index (χ0) is 19.4. The third kappa shape index (κ3) is 5.92. The minimum absolute atomic E-state index is 0.142. The van der Waals surface area contributed by atoms with Crippen LogP contribution in [0.4, 0.5) is 0 Å². The van der Waals surface area contributed by atoms with Crippen molar-refractivity contribution in [2.45, 2.75) is 45.8 Å². The second kappa shape index (κ2) is 9.04. The molecule has 0 aromatic heterocycles. The van der Waals surface area contributed by atoms with E-state index in [0.717, 1.165) is 55.9 Å². The van der Waals surface area contributed by atoms with Crippen LogP contribution in [0.2, 0.25) is 0 Å². The van der Waals surface area contributed by atoms with Gasteiger partial charge in [0, 0.05) is 38.8 Å². The second-order valence-corrected chi connectivity index (χ2v) is 8.04. The third-order valence-electron chi connectivity index (χ3n) is 5.54. The van der Waals surface area contributed by atoms with Crippen molar-refractivity contribution in [1.29, 1.82) is 0 Å². The number of benzene rings is 1. The maximum atomic E-state index is 11.9.